The highest BCUT2D eigenvalue weighted by atomic mass is 15.0. The molecule has 4 rings (SSSR count). The largest absolute Gasteiger partial charge is 0.374 e. The van der Waals surface area contributed by atoms with E-state index in [1.807, 2.05) is 30.3 Å². The van der Waals surface area contributed by atoms with Gasteiger partial charge in [-0.15, -0.1) is 0 Å². The summed E-state index contributed by atoms with van der Waals surface area (Å²) in [4.78, 5) is 0. The van der Waals surface area contributed by atoms with Crippen LogP contribution in [0.1, 0.15) is 22.7 Å². The molecule has 3 aromatic carbocycles. The standard InChI is InChI=1S/C28H25N3/c1-20-10-9-13-24(16-20)30-28(23-11-5-4-6-12-23)22(3)26-19-31(18-21(2)17-29)27-15-8-7-14-25(26)27/h4-16,19,28,30H,2-3,18H2,1H3. The molecule has 0 aliphatic heterocycles. The van der Waals surface area contributed by atoms with Crippen molar-refractivity contribution in [1.29, 1.82) is 5.26 Å². The second-order valence-electron chi connectivity index (χ2n) is 7.79. The highest BCUT2D eigenvalue weighted by molar-refractivity contribution is 5.94. The molecule has 31 heavy (non-hydrogen) atoms. The Kier molecular flexibility index (Phi) is 5.73. The average Bonchev–Trinajstić information content (AvgIpc) is 3.16. The van der Waals surface area contributed by atoms with Gasteiger partial charge >= 0.3 is 0 Å². The molecule has 3 heteroatoms. The van der Waals surface area contributed by atoms with Crippen molar-refractivity contribution in [2.75, 3.05) is 5.32 Å². The Morgan fingerprint density at radius 2 is 1.74 bits per heavy atom. The van der Waals surface area contributed by atoms with Crippen LogP contribution in [-0.4, -0.2) is 4.57 Å². The molecule has 0 aliphatic rings. The van der Waals surface area contributed by atoms with Gasteiger partial charge in [0.05, 0.1) is 18.7 Å². The maximum absolute atomic E-state index is 9.22. The Hall–Kier alpha value is -4.03. The maximum atomic E-state index is 9.22. The lowest BCUT2D eigenvalue weighted by Crippen LogP contribution is -2.12. The van der Waals surface area contributed by atoms with Crippen molar-refractivity contribution < 1.29 is 0 Å². The number of fused-ring (bicyclic) bond motifs is 1. The van der Waals surface area contributed by atoms with E-state index in [4.69, 9.17) is 0 Å². The van der Waals surface area contributed by atoms with Gasteiger partial charge in [-0.1, -0.05) is 73.8 Å². The van der Waals surface area contributed by atoms with Crippen LogP contribution in [0.25, 0.3) is 16.5 Å². The van der Waals surface area contributed by atoms with E-state index in [1.54, 1.807) is 0 Å². The van der Waals surface area contributed by atoms with Crippen LogP contribution in [0, 0.1) is 18.3 Å². The summed E-state index contributed by atoms with van der Waals surface area (Å²) < 4.78 is 2.08. The molecule has 1 aromatic heterocycles. The molecular formula is C28H25N3. The topological polar surface area (TPSA) is 40.8 Å². The summed E-state index contributed by atoms with van der Waals surface area (Å²) in [6.07, 6.45) is 2.09. The minimum absolute atomic E-state index is 0.0959. The SMILES string of the molecule is C=C(C#N)Cn1cc(C(=C)C(Nc2cccc(C)c2)c2ccccc2)c2ccccc21. The fourth-order valence-electron chi connectivity index (χ4n) is 3.95. The molecule has 152 valence electrons. The van der Waals surface area contributed by atoms with Crippen LogP contribution >= 0.6 is 0 Å². The lowest BCUT2D eigenvalue weighted by atomic mass is 9.93. The maximum Gasteiger partial charge on any atom is 0.0960 e. The van der Waals surface area contributed by atoms with Gasteiger partial charge in [0, 0.05) is 33.9 Å². The van der Waals surface area contributed by atoms with E-state index in [9.17, 15) is 5.26 Å². The molecular weight excluding hydrogens is 378 g/mol. The Bertz CT molecular complexity index is 1290. The molecule has 0 radical (unpaired) electrons. The van der Waals surface area contributed by atoms with Crippen molar-refractivity contribution in [3.63, 3.8) is 0 Å². The van der Waals surface area contributed by atoms with E-state index in [0.29, 0.717) is 12.1 Å². The number of nitrogens with one attached hydrogen (secondary N) is 1. The van der Waals surface area contributed by atoms with Crippen molar-refractivity contribution in [2.45, 2.75) is 19.5 Å². The summed E-state index contributed by atoms with van der Waals surface area (Å²) in [5.74, 6) is 0. The number of allylic oxidation sites excluding steroid dienone is 1. The zero-order chi connectivity index (χ0) is 21.8. The van der Waals surface area contributed by atoms with Gasteiger partial charge in [0.25, 0.3) is 0 Å². The fourth-order valence-corrected chi connectivity index (χ4v) is 3.95. The summed E-state index contributed by atoms with van der Waals surface area (Å²) in [5.41, 5.74) is 7.03. The highest BCUT2D eigenvalue weighted by Crippen LogP contribution is 2.36. The van der Waals surface area contributed by atoms with Crippen LogP contribution in [-0.2, 0) is 6.54 Å². The minimum Gasteiger partial charge on any atom is -0.374 e. The lowest BCUT2D eigenvalue weighted by molar-refractivity contribution is 0.839. The van der Waals surface area contributed by atoms with Crippen LogP contribution in [0.3, 0.4) is 0 Å². The van der Waals surface area contributed by atoms with Crippen LogP contribution in [0.5, 0.6) is 0 Å². The zero-order valence-corrected chi connectivity index (χ0v) is 17.7. The first kappa shape index (κ1) is 20.3. The Morgan fingerprint density at radius 3 is 2.48 bits per heavy atom. The molecule has 1 N–H and O–H groups in total. The number of hydrogen-bond donors (Lipinski definition) is 1. The molecule has 1 atom stereocenters. The summed E-state index contributed by atoms with van der Waals surface area (Å²) >= 11 is 0. The molecule has 0 fully saturated rings. The third kappa shape index (κ3) is 4.29. The third-order valence-electron chi connectivity index (χ3n) is 5.46. The summed E-state index contributed by atoms with van der Waals surface area (Å²) in [6.45, 7) is 10.9. The van der Waals surface area contributed by atoms with Crippen molar-refractivity contribution in [2.24, 2.45) is 0 Å². The lowest BCUT2D eigenvalue weighted by Gasteiger charge is -2.23. The van der Waals surface area contributed by atoms with Gasteiger partial charge in [-0.25, -0.2) is 0 Å². The molecule has 1 heterocycles. The van der Waals surface area contributed by atoms with Crippen LogP contribution in [0.4, 0.5) is 5.69 Å². The second kappa shape index (κ2) is 8.77. The molecule has 0 saturated carbocycles. The smallest absolute Gasteiger partial charge is 0.0960 e. The average molecular weight is 404 g/mol. The number of benzene rings is 3. The number of hydrogen-bond acceptors (Lipinski definition) is 2. The Labute approximate surface area is 183 Å². The monoisotopic (exact) mass is 403 g/mol. The molecule has 0 bridgehead atoms. The molecule has 3 nitrogen and oxygen atoms in total. The minimum atomic E-state index is -0.0959. The first-order chi connectivity index (χ1) is 15.1. The predicted octanol–water partition coefficient (Wildman–Crippen LogP) is 6.90. The van der Waals surface area contributed by atoms with Gasteiger partial charge in [0.15, 0.2) is 0 Å². The van der Waals surface area contributed by atoms with E-state index in [0.717, 1.165) is 33.3 Å². The van der Waals surface area contributed by atoms with E-state index >= 15 is 0 Å². The van der Waals surface area contributed by atoms with Crippen molar-refractivity contribution >= 4 is 22.2 Å². The summed E-state index contributed by atoms with van der Waals surface area (Å²) in [5, 5.41) is 14.0. The fraction of sp³-hybridized carbons (Fsp3) is 0.107. The molecule has 0 saturated heterocycles. The molecule has 4 aromatic rings. The quantitative estimate of drug-likeness (QED) is 0.341. The van der Waals surface area contributed by atoms with Gasteiger partial charge in [0.1, 0.15) is 0 Å². The second-order valence-corrected chi connectivity index (χ2v) is 7.79. The number of para-hydroxylation sites is 1. The Morgan fingerprint density at radius 1 is 1.00 bits per heavy atom. The first-order valence-corrected chi connectivity index (χ1v) is 10.3. The molecule has 0 amide bonds. The van der Waals surface area contributed by atoms with E-state index < -0.39 is 0 Å². The van der Waals surface area contributed by atoms with Gasteiger partial charge in [-0.2, -0.15) is 5.26 Å². The number of nitriles is 1. The molecule has 1 unspecified atom stereocenters. The zero-order valence-electron chi connectivity index (χ0n) is 17.7. The van der Waals surface area contributed by atoms with Gasteiger partial charge in [-0.05, 0) is 41.8 Å². The third-order valence-corrected chi connectivity index (χ3v) is 5.46. The van der Waals surface area contributed by atoms with Crippen molar-refractivity contribution in [3.05, 3.63) is 120 Å². The normalized spacial score (nSPS) is 11.6. The number of aryl methyl sites for hydroxylation is 1. The number of nitrogens with zero attached hydrogens (tertiary/aromatic N) is 2. The number of rotatable bonds is 7. The predicted molar refractivity (Wildman–Crippen MR) is 130 cm³/mol. The summed E-state index contributed by atoms with van der Waals surface area (Å²) in [6, 6.07) is 29.0. The number of anilines is 1. The Balaban J connectivity index is 1.79. The van der Waals surface area contributed by atoms with E-state index in [2.05, 4.69) is 90.8 Å². The van der Waals surface area contributed by atoms with Crippen molar-refractivity contribution in [3.8, 4) is 6.07 Å². The van der Waals surface area contributed by atoms with Crippen LogP contribution < -0.4 is 5.32 Å². The van der Waals surface area contributed by atoms with Crippen LogP contribution in [0.2, 0.25) is 0 Å². The molecule has 0 spiro atoms. The first-order valence-electron chi connectivity index (χ1n) is 10.3. The van der Waals surface area contributed by atoms with E-state index in [-0.39, 0.29) is 6.04 Å². The van der Waals surface area contributed by atoms with Crippen molar-refractivity contribution in [1.82, 2.24) is 4.57 Å². The highest BCUT2D eigenvalue weighted by Gasteiger charge is 2.20. The van der Waals surface area contributed by atoms with Crippen LogP contribution in [0.15, 0.2) is 104 Å². The summed E-state index contributed by atoms with van der Waals surface area (Å²) in [7, 11) is 0. The van der Waals surface area contributed by atoms with Gasteiger partial charge < -0.3 is 9.88 Å². The van der Waals surface area contributed by atoms with Gasteiger partial charge in [-0.3, -0.25) is 0 Å². The van der Waals surface area contributed by atoms with E-state index in [1.165, 1.54) is 5.56 Å². The number of aromatic nitrogens is 1. The van der Waals surface area contributed by atoms with Gasteiger partial charge in [0.2, 0.25) is 0 Å². The molecule has 0 aliphatic carbocycles.